The van der Waals surface area contributed by atoms with Crippen molar-refractivity contribution in [3.63, 3.8) is 0 Å². The summed E-state index contributed by atoms with van der Waals surface area (Å²) in [5, 5.41) is 18.2. The summed E-state index contributed by atoms with van der Waals surface area (Å²) in [6.07, 6.45) is 7.40. The summed E-state index contributed by atoms with van der Waals surface area (Å²) in [5.74, 6) is -0.807. The highest BCUT2D eigenvalue weighted by molar-refractivity contribution is 5.76. The summed E-state index contributed by atoms with van der Waals surface area (Å²) in [6.45, 7) is 1.37. The van der Waals surface area contributed by atoms with Crippen molar-refractivity contribution >= 4 is 5.97 Å². The molecule has 0 amide bonds. The number of hydrogen-bond donors (Lipinski definition) is 2. The van der Waals surface area contributed by atoms with Crippen LogP contribution >= 0.6 is 0 Å². The molecule has 1 rings (SSSR count). The molecule has 0 fully saturated rings. The van der Waals surface area contributed by atoms with E-state index in [-0.39, 0.29) is 0 Å². The van der Waals surface area contributed by atoms with Crippen molar-refractivity contribution in [2.24, 2.45) is 5.92 Å². The number of carboxylic acids is 1. The maximum Gasteiger partial charge on any atom is 0.335 e. The Morgan fingerprint density at radius 1 is 1.62 bits per heavy atom. The van der Waals surface area contributed by atoms with Crippen molar-refractivity contribution in [3.8, 4) is 0 Å². The fraction of sp³-hybridized carbons (Fsp3) is 0.700. The third-order valence-electron chi connectivity index (χ3n) is 2.52. The summed E-state index contributed by atoms with van der Waals surface area (Å²) in [7, 11) is 0. The number of rotatable bonds is 3. The van der Waals surface area contributed by atoms with Crippen molar-refractivity contribution in [1.29, 1.82) is 0 Å². The van der Waals surface area contributed by atoms with Crippen LogP contribution in [0.2, 0.25) is 0 Å². The van der Waals surface area contributed by atoms with Gasteiger partial charge in [-0.2, -0.15) is 0 Å². The van der Waals surface area contributed by atoms with Crippen LogP contribution in [0.4, 0.5) is 0 Å². The summed E-state index contributed by atoms with van der Waals surface area (Å²) in [4.78, 5) is 10.6. The fourth-order valence-electron chi connectivity index (χ4n) is 1.69. The van der Waals surface area contributed by atoms with E-state index in [1.165, 1.54) is 6.92 Å². The topological polar surface area (TPSA) is 57.5 Å². The van der Waals surface area contributed by atoms with Gasteiger partial charge in [0.15, 0.2) is 5.60 Å². The van der Waals surface area contributed by atoms with Crippen molar-refractivity contribution in [2.75, 3.05) is 0 Å². The van der Waals surface area contributed by atoms with Crippen molar-refractivity contribution in [1.82, 2.24) is 0 Å². The molecule has 0 aromatic heterocycles. The molecule has 3 heteroatoms. The average Bonchev–Trinajstić information content (AvgIpc) is 2.05. The Morgan fingerprint density at radius 3 is 2.77 bits per heavy atom. The summed E-state index contributed by atoms with van der Waals surface area (Å²) in [6, 6.07) is 0. The predicted octanol–water partition coefficient (Wildman–Crippen LogP) is 1.57. The molecule has 1 aliphatic carbocycles. The summed E-state index contributed by atoms with van der Waals surface area (Å²) >= 11 is 0. The minimum absolute atomic E-state index is 0.316. The third kappa shape index (κ3) is 2.84. The Balaban J connectivity index is 2.47. The van der Waals surface area contributed by atoms with E-state index in [1.807, 2.05) is 0 Å². The molecule has 13 heavy (non-hydrogen) atoms. The minimum atomic E-state index is -1.56. The molecule has 0 aromatic rings. The molecule has 2 unspecified atom stereocenters. The van der Waals surface area contributed by atoms with Crippen LogP contribution in [-0.2, 0) is 4.79 Å². The van der Waals surface area contributed by atoms with E-state index in [9.17, 15) is 9.90 Å². The predicted molar refractivity (Wildman–Crippen MR) is 49.4 cm³/mol. The Kier molecular flexibility index (Phi) is 3.09. The zero-order valence-corrected chi connectivity index (χ0v) is 7.86. The molecule has 0 heterocycles. The van der Waals surface area contributed by atoms with Crippen LogP contribution in [0.15, 0.2) is 12.2 Å². The lowest BCUT2D eigenvalue weighted by Crippen LogP contribution is -2.37. The summed E-state index contributed by atoms with van der Waals surface area (Å²) in [5.41, 5.74) is -1.56. The second-order valence-electron chi connectivity index (χ2n) is 3.93. The molecule has 0 saturated heterocycles. The average molecular weight is 184 g/mol. The number of allylic oxidation sites excluding steroid dienone is 2. The molecule has 0 radical (unpaired) electrons. The zero-order chi connectivity index (χ0) is 9.90. The van der Waals surface area contributed by atoms with Crippen LogP contribution in [-0.4, -0.2) is 21.8 Å². The first-order chi connectivity index (χ1) is 6.02. The standard InChI is InChI=1S/C10H16O3/c1-10(13,9(11)12)7-8-5-3-2-4-6-8/h2-3,8,13H,4-7H2,1H3,(H,11,12). The highest BCUT2D eigenvalue weighted by Gasteiger charge is 2.32. The molecule has 0 saturated carbocycles. The Morgan fingerprint density at radius 2 is 2.31 bits per heavy atom. The monoisotopic (exact) mass is 184 g/mol. The maximum absolute atomic E-state index is 10.6. The van der Waals surface area contributed by atoms with Crippen molar-refractivity contribution in [2.45, 2.75) is 38.2 Å². The minimum Gasteiger partial charge on any atom is -0.479 e. The van der Waals surface area contributed by atoms with E-state index >= 15 is 0 Å². The lowest BCUT2D eigenvalue weighted by molar-refractivity contribution is -0.158. The quantitative estimate of drug-likeness (QED) is 0.654. The van der Waals surface area contributed by atoms with Gasteiger partial charge >= 0.3 is 5.97 Å². The van der Waals surface area contributed by atoms with Gasteiger partial charge in [-0.25, -0.2) is 4.79 Å². The summed E-state index contributed by atoms with van der Waals surface area (Å²) < 4.78 is 0. The molecule has 1 aliphatic rings. The van der Waals surface area contributed by atoms with Gasteiger partial charge in [-0.15, -0.1) is 0 Å². The molecule has 0 spiro atoms. The second-order valence-corrected chi connectivity index (χ2v) is 3.93. The van der Waals surface area contributed by atoms with E-state index in [2.05, 4.69) is 12.2 Å². The lowest BCUT2D eigenvalue weighted by Gasteiger charge is -2.25. The molecule has 74 valence electrons. The van der Waals surface area contributed by atoms with Gasteiger partial charge in [0.2, 0.25) is 0 Å². The van der Waals surface area contributed by atoms with Crippen LogP contribution < -0.4 is 0 Å². The number of aliphatic hydroxyl groups is 1. The SMILES string of the molecule is CC(O)(CC1CC=CCC1)C(=O)O. The van der Waals surface area contributed by atoms with E-state index < -0.39 is 11.6 Å². The highest BCUT2D eigenvalue weighted by Crippen LogP contribution is 2.27. The first-order valence-electron chi connectivity index (χ1n) is 4.63. The van der Waals surface area contributed by atoms with Crippen LogP contribution in [0.1, 0.15) is 32.6 Å². The number of carboxylic acid groups (broad SMARTS) is 1. The van der Waals surface area contributed by atoms with Crippen molar-refractivity contribution in [3.05, 3.63) is 12.2 Å². The number of aliphatic carboxylic acids is 1. The molecule has 2 atom stereocenters. The molecule has 3 nitrogen and oxygen atoms in total. The first-order valence-corrected chi connectivity index (χ1v) is 4.63. The van der Waals surface area contributed by atoms with E-state index in [4.69, 9.17) is 5.11 Å². The van der Waals surface area contributed by atoms with Gasteiger partial charge in [-0.1, -0.05) is 12.2 Å². The smallest absolute Gasteiger partial charge is 0.335 e. The zero-order valence-electron chi connectivity index (χ0n) is 7.86. The van der Waals surface area contributed by atoms with Gasteiger partial charge in [0.1, 0.15) is 0 Å². The normalized spacial score (nSPS) is 26.8. The van der Waals surface area contributed by atoms with Gasteiger partial charge in [-0.3, -0.25) is 0 Å². The van der Waals surface area contributed by atoms with Crippen LogP contribution in [0.5, 0.6) is 0 Å². The number of carbonyl (C=O) groups is 1. The van der Waals surface area contributed by atoms with Crippen molar-refractivity contribution < 1.29 is 15.0 Å². The Hall–Kier alpha value is -0.830. The Labute approximate surface area is 78.1 Å². The number of hydrogen-bond acceptors (Lipinski definition) is 2. The van der Waals surface area contributed by atoms with Gasteiger partial charge in [-0.05, 0) is 38.5 Å². The van der Waals surface area contributed by atoms with Gasteiger partial charge < -0.3 is 10.2 Å². The van der Waals surface area contributed by atoms with E-state index in [0.717, 1.165) is 19.3 Å². The highest BCUT2D eigenvalue weighted by atomic mass is 16.4. The second kappa shape index (κ2) is 3.92. The molecular formula is C10H16O3. The Bertz CT molecular complexity index is 218. The van der Waals surface area contributed by atoms with E-state index in [1.54, 1.807) is 0 Å². The van der Waals surface area contributed by atoms with Gasteiger partial charge in [0.05, 0.1) is 0 Å². The lowest BCUT2D eigenvalue weighted by atomic mass is 9.84. The fourth-order valence-corrected chi connectivity index (χ4v) is 1.69. The van der Waals surface area contributed by atoms with Crippen LogP contribution in [0, 0.1) is 5.92 Å². The van der Waals surface area contributed by atoms with Crippen LogP contribution in [0.3, 0.4) is 0 Å². The largest absolute Gasteiger partial charge is 0.479 e. The molecule has 0 aliphatic heterocycles. The first kappa shape index (κ1) is 10.3. The molecular weight excluding hydrogens is 168 g/mol. The van der Waals surface area contributed by atoms with E-state index in [0.29, 0.717) is 12.3 Å². The maximum atomic E-state index is 10.6. The van der Waals surface area contributed by atoms with Crippen LogP contribution in [0.25, 0.3) is 0 Å². The molecule has 0 bridgehead atoms. The molecule has 0 aromatic carbocycles. The third-order valence-corrected chi connectivity index (χ3v) is 2.52. The van der Waals surface area contributed by atoms with Gasteiger partial charge in [0, 0.05) is 0 Å². The van der Waals surface area contributed by atoms with Gasteiger partial charge in [0.25, 0.3) is 0 Å². The molecule has 2 N–H and O–H groups in total.